The molecule has 1 N–H and O–H groups in total. The van der Waals surface area contributed by atoms with Crippen LogP contribution in [0.3, 0.4) is 0 Å². The molecule has 0 saturated heterocycles. The number of aliphatic hydroxyl groups is 1. The molecule has 4 heteroatoms. The molecule has 0 spiro atoms. The minimum absolute atomic E-state index is 0.0292. The highest BCUT2D eigenvalue weighted by molar-refractivity contribution is 6.74. The highest BCUT2D eigenvalue weighted by Crippen LogP contribution is 2.66. The molecule has 4 rings (SSSR count). The van der Waals surface area contributed by atoms with Gasteiger partial charge in [-0.1, -0.05) is 41.0 Å². The van der Waals surface area contributed by atoms with Gasteiger partial charge in [-0.3, -0.25) is 0 Å². The summed E-state index contributed by atoms with van der Waals surface area (Å²) in [6.45, 7) is 19.6. The van der Waals surface area contributed by atoms with Gasteiger partial charge in [-0.2, -0.15) is 0 Å². The van der Waals surface area contributed by atoms with Crippen molar-refractivity contribution in [2.24, 2.45) is 34.5 Å². The molecule has 0 heterocycles. The summed E-state index contributed by atoms with van der Waals surface area (Å²) in [6, 6.07) is 0. The maximum Gasteiger partial charge on any atom is 0.192 e. The Morgan fingerprint density at radius 1 is 1.09 bits per heavy atom. The molecule has 0 aromatic carbocycles. The lowest BCUT2D eigenvalue weighted by molar-refractivity contribution is -0.118. The molecule has 8 atom stereocenters. The predicted molar refractivity (Wildman–Crippen MR) is 140 cm³/mol. The van der Waals surface area contributed by atoms with Crippen LogP contribution in [0, 0.1) is 34.5 Å². The van der Waals surface area contributed by atoms with Crippen molar-refractivity contribution in [1.29, 1.82) is 0 Å². The maximum atomic E-state index is 11.4. The lowest BCUT2D eigenvalue weighted by atomic mass is 9.49. The average molecular weight is 477 g/mol. The molecule has 3 unspecified atom stereocenters. The third-order valence-corrected chi connectivity index (χ3v) is 15.9. The largest absolute Gasteiger partial charge is 0.502 e. The van der Waals surface area contributed by atoms with E-state index in [9.17, 15) is 5.11 Å². The minimum Gasteiger partial charge on any atom is -0.502 e. The number of rotatable bonds is 4. The first-order valence-corrected chi connectivity index (χ1v) is 16.9. The lowest BCUT2D eigenvalue weighted by Crippen LogP contribution is -2.55. The van der Waals surface area contributed by atoms with Crippen LogP contribution >= 0.6 is 0 Å². The van der Waals surface area contributed by atoms with Crippen molar-refractivity contribution in [2.75, 3.05) is 6.61 Å². The minimum atomic E-state index is -1.89. The summed E-state index contributed by atoms with van der Waals surface area (Å²) in [7, 11) is -1.89. The van der Waals surface area contributed by atoms with Crippen molar-refractivity contribution in [1.82, 2.24) is 0 Å². The molecule has 0 aromatic rings. The molecule has 0 amide bonds. The predicted octanol–water partition coefficient (Wildman–Crippen LogP) is 7.70. The number of hydrogen-bond donors (Lipinski definition) is 1. The summed E-state index contributed by atoms with van der Waals surface area (Å²) in [5.74, 6) is 3.03. The zero-order chi connectivity index (χ0) is 24.2. The van der Waals surface area contributed by atoms with Crippen LogP contribution in [-0.2, 0) is 9.16 Å². The van der Waals surface area contributed by atoms with Gasteiger partial charge in [0.2, 0.25) is 0 Å². The Bertz CT molecular complexity index is 740. The van der Waals surface area contributed by atoms with Gasteiger partial charge in [-0.05, 0) is 116 Å². The third kappa shape index (κ3) is 4.39. The molecular formula is C29H52O3Si. The molecular weight excluding hydrogens is 424 g/mol. The molecule has 190 valence electrons. The van der Waals surface area contributed by atoms with Gasteiger partial charge in [0.15, 0.2) is 8.32 Å². The number of fused-ring (bicyclic) bond motifs is 5. The van der Waals surface area contributed by atoms with Crippen LogP contribution < -0.4 is 0 Å². The van der Waals surface area contributed by atoms with Crippen LogP contribution in [0.1, 0.15) is 99.3 Å². The van der Waals surface area contributed by atoms with E-state index < -0.39 is 8.32 Å². The highest BCUT2D eigenvalue weighted by Gasteiger charge is 2.59. The van der Waals surface area contributed by atoms with E-state index in [0.29, 0.717) is 11.3 Å². The Morgan fingerprint density at radius 2 is 1.82 bits per heavy atom. The van der Waals surface area contributed by atoms with Crippen molar-refractivity contribution in [3.63, 3.8) is 0 Å². The Morgan fingerprint density at radius 3 is 2.48 bits per heavy atom. The number of ether oxygens (including phenoxy) is 1. The van der Waals surface area contributed by atoms with Crippen molar-refractivity contribution in [2.45, 2.75) is 130 Å². The number of aliphatic hydroxyl groups excluding tert-OH is 1. The van der Waals surface area contributed by atoms with Gasteiger partial charge in [0.25, 0.3) is 0 Å². The second-order valence-electron chi connectivity index (χ2n) is 14.0. The summed E-state index contributed by atoms with van der Waals surface area (Å²) >= 11 is 0. The molecule has 0 aromatic heterocycles. The SMILES string of the molecule is CCO/C=C1/CCC2[C@H]3CCCC4C[C@H](O[Si](C)(C)C(C)(C)C)[C@@H](O)C[C@]4(C)C3CC[C@]12C. The highest BCUT2D eigenvalue weighted by atomic mass is 28.4. The molecule has 3 nitrogen and oxygen atoms in total. The van der Waals surface area contributed by atoms with Gasteiger partial charge in [-0.15, -0.1) is 0 Å². The van der Waals surface area contributed by atoms with Crippen molar-refractivity contribution < 1.29 is 14.3 Å². The summed E-state index contributed by atoms with van der Waals surface area (Å²) in [6.07, 6.45) is 13.0. The average Bonchev–Trinajstić information content (AvgIpc) is 2.97. The van der Waals surface area contributed by atoms with E-state index in [1.165, 1.54) is 44.9 Å². The second kappa shape index (κ2) is 8.96. The summed E-state index contributed by atoms with van der Waals surface area (Å²) in [5.41, 5.74) is 2.15. The van der Waals surface area contributed by atoms with Gasteiger partial charge in [0, 0.05) is 0 Å². The fraction of sp³-hybridized carbons (Fsp3) is 0.931. The summed E-state index contributed by atoms with van der Waals surface area (Å²) in [5, 5.41) is 11.6. The monoisotopic (exact) mass is 476 g/mol. The molecule has 33 heavy (non-hydrogen) atoms. The lowest BCUT2D eigenvalue weighted by Gasteiger charge is -2.57. The van der Waals surface area contributed by atoms with Gasteiger partial charge in [0.05, 0.1) is 25.1 Å². The standard InChI is InChI=1S/C29H52O3Si/c1-9-31-19-21-13-14-23-22-12-10-11-20-17-26(32-33(7,8)27(2,3)4)25(30)18-29(20,6)24(22)15-16-28(21,23)5/h19-20,22-26,30H,9-18H2,1-8H3/b21-19-/t20?,22-,23?,24?,25+,26+,28-,29+/m1/s1. The van der Waals surface area contributed by atoms with Gasteiger partial charge in [0.1, 0.15) is 0 Å². The number of hydrogen-bond acceptors (Lipinski definition) is 3. The first-order valence-electron chi connectivity index (χ1n) is 14.0. The second-order valence-corrected chi connectivity index (χ2v) is 18.8. The fourth-order valence-corrected chi connectivity index (χ4v) is 9.74. The van der Waals surface area contributed by atoms with Gasteiger partial charge in [-0.25, -0.2) is 0 Å². The zero-order valence-electron chi connectivity index (χ0n) is 22.9. The van der Waals surface area contributed by atoms with Crippen LogP contribution in [0.5, 0.6) is 0 Å². The molecule has 4 saturated carbocycles. The van der Waals surface area contributed by atoms with Crippen LogP contribution in [0.25, 0.3) is 0 Å². The Kier molecular flexibility index (Phi) is 7.00. The summed E-state index contributed by atoms with van der Waals surface area (Å²) in [4.78, 5) is 0. The molecule has 4 fully saturated rings. The quantitative estimate of drug-likeness (QED) is 0.334. The molecule has 4 aliphatic carbocycles. The van der Waals surface area contributed by atoms with E-state index >= 15 is 0 Å². The topological polar surface area (TPSA) is 38.7 Å². The molecule has 4 aliphatic rings. The van der Waals surface area contributed by atoms with Gasteiger partial charge >= 0.3 is 0 Å². The van der Waals surface area contributed by atoms with Crippen LogP contribution in [0.15, 0.2) is 11.8 Å². The Labute approximate surface area is 205 Å². The first-order chi connectivity index (χ1) is 15.3. The van der Waals surface area contributed by atoms with E-state index in [0.717, 1.165) is 37.2 Å². The zero-order valence-corrected chi connectivity index (χ0v) is 23.9. The van der Waals surface area contributed by atoms with Gasteiger partial charge < -0.3 is 14.3 Å². The van der Waals surface area contributed by atoms with Crippen LogP contribution in [0.2, 0.25) is 18.1 Å². The normalized spacial score (nSPS) is 45.2. The maximum absolute atomic E-state index is 11.4. The van der Waals surface area contributed by atoms with E-state index in [2.05, 4.69) is 60.9 Å². The van der Waals surface area contributed by atoms with Crippen molar-refractivity contribution in [3.8, 4) is 0 Å². The van der Waals surface area contributed by atoms with E-state index in [4.69, 9.17) is 9.16 Å². The van der Waals surface area contributed by atoms with Crippen LogP contribution in [0.4, 0.5) is 0 Å². The molecule has 0 radical (unpaired) electrons. The number of allylic oxidation sites excluding steroid dienone is 1. The van der Waals surface area contributed by atoms with Crippen molar-refractivity contribution in [3.05, 3.63) is 11.8 Å². The summed E-state index contributed by atoms with van der Waals surface area (Å²) < 4.78 is 12.6. The van der Waals surface area contributed by atoms with Crippen LogP contribution in [-0.4, -0.2) is 32.2 Å². The Balaban J connectivity index is 1.55. The molecule has 0 bridgehead atoms. The Hall–Kier alpha value is -0.323. The van der Waals surface area contributed by atoms with E-state index in [1.54, 1.807) is 5.57 Å². The van der Waals surface area contributed by atoms with E-state index in [-0.39, 0.29) is 22.7 Å². The first kappa shape index (κ1) is 25.8. The fourth-order valence-electron chi connectivity index (χ4n) is 8.37. The third-order valence-electron chi connectivity index (χ3n) is 11.4. The van der Waals surface area contributed by atoms with E-state index in [1.807, 2.05) is 0 Å². The molecule has 0 aliphatic heterocycles. The van der Waals surface area contributed by atoms with Crippen molar-refractivity contribution >= 4 is 8.32 Å². The smallest absolute Gasteiger partial charge is 0.192 e.